The first kappa shape index (κ1) is 14.6. The Labute approximate surface area is 130 Å². The van der Waals surface area contributed by atoms with Crippen molar-refractivity contribution in [3.8, 4) is 6.07 Å². The smallest absolute Gasteiger partial charge is 0.223 e. The molecule has 0 radical (unpaired) electrons. The molecule has 1 aliphatic heterocycles. The number of rotatable bonds is 3. The highest BCUT2D eigenvalue weighted by Gasteiger charge is 2.24. The van der Waals surface area contributed by atoms with Crippen LogP contribution in [0.1, 0.15) is 24.8 Å². The van der Waals surface area contributed by atoms with Crippen molar-refractivity contribution < 1.29 is 4.79 Å². The average molecular weight is 296 g/mol. The molecule has 1 unspecified atom stereocenters. The topological polar surface area (TPSA) is 60.2 Å². The number of amides is 1. The monoisotopic (exact) mass is 296 g/mol. The predicted octanol–water partition coefficient (Wildman–Crippen LogP) is 1.96. The van der Waals surface area contributed by atoms with Gasteiger partial charge in [-0.2, -0.15) is 5.26 Å². The zero-order chi connectivity index (χ0) is 15.4. The maximum Gasteiger partial charge on any atom is 0.223 e. The summed E-state index contributed by atoms with van der Waals surface area (Å²) in [5, 5.41) is 8.80. The molecular weight excluding hydrogens is 276 g/mol. The molecule has 0 aromatic carbocycles. The van der Waals surface area contributed by atoms with Crippen LogP contribution in [0, 0.1) is 17.2 Å². The lowest BCUT2D eigenvalue weighted by Gasteiger charge is -2.35. The molecule has 1 aromatic rings. The first-order valence-electron chi connectivity index (χ1n) is 7.82. The molecule has 22 heavy (non-hydrogen) atoms. The van der Waals surface area contributed by atoms with E-state index >= 15 is 0 Å². The Morgan fingerprint density at radius 1 is 1.32 bits per heavy atom. The fourth-order valence-electron chi connectivity index (χ4n) is 3.04. The van der Waals surface area contributed by atoms with Crippen LogP contribution >= 0.6 is 0 Å². The maximum absolute atomic E-state index is 12.3. The molecule has 1 atom stereocenters. The van der Waals surface area contributed by atoms with Gasteiger partial charge in [-0.05, 0) is 30.9 Å². The molecule has 1 saturated heterocycles. The molecule has 0 saturated carbocycles. The lowest BCUT2D eigenvalue weighted by atomic mass is 10.0. The minimum atomic E-state index is 0.268. The Kier molecular flexibility index (Phi) is 4.38. The first-order chi connectivity index (χ1) is 10.8. The molecule has 114 valence electrons. The van der Waals surface area contributed by atoms with Gasteiger partial charge in [-0.1, -0.05) is 12.2 Å². The van der Waals surface area contributed by atoms with Crippen LogP contribution in [0.2, 0.25) is 0 Å². The zero-order valence-corrected chi connectivity index (χ0v) is 12.6. The van der Waals surface area contributed by atoms with Gasteiger partial charge in [-0.3, -0.25) is 4.79 Å². The number of aromatic nitrogens is 1. The summed E-state index contributed by atoms with van der Waals surface area (Å²) in [4.78, 5) is 20.8. The first-order valence-corrected chi connectivity index (χ1v) is 7.82. The Balaban J connectivity index is 1.52. The van der Waals surface area contributed by atoms with E-state index in [1.54, 1.807) is 12.3 Å². The number of pyridine rings is 1. The summed E-state index contributed by atoms with van der Waals surface area (Å²) in [5.41, 5.74) is 0.571. The number of carbonyl (C=O) groups is 1. The quantitative estimate of drug-likeness (QED) is 0.800. The molecule has 0 spiro atoms. The van der Waals surface area contributed by atoms with Crippen molar-refractivity contribution in [2.75, 3.05) is 31.1 Å². The number of hydrogen-bond donors (Lipinski definition) is 0. The fourth-order valence-corrected chi connectivity index (χ4v) is 3.04. The molecule has 0 N–H and O–H groups in total. The van der Waals surface area contributed by atoms with E-state index in [1.807, 2.05) is 11.0 Å². The van der Waals surface area contributed by atoms with Gasteiger partial charge in [-0.25, -0.2) is 4.98 Å². The number of nitriles is 1. The zero-order valence-electron chi connectivity index (χ0n) is 12.6. The van der Waals surface area contributed by atoms with Gasteiger partial charge in [-0.15, -0.1) is 0 Å². The highest BCUT2D eigenvalue weighted by molar-refractivity contribution is 5.77. The Bertz CT molecular complexity index is 594. The highest BCUT2D eigenvalue weighted by atomic mass is 16.2. The normalized spacial score (nSPS) is 21.0. The summed E-state index contributed by atoms with van der Waals surface area (Å²) >= 11 is 0. The summed E-state index contributed by atoms with van der Waals surface area (Å²) in [7, 11) is 0. The largest absolute Gasteiger partial charge is 0.353 e. The fraction of sp³-hybridized carbons (Fsp3) is 0.471. The van der Waals surface area contributed by atoms with Crippen molar-refractivity contribution in [3.63, 3.8) is 0 Å². The van der Waals surface area contributed by atoms with E-state index in [-0.39, 0.29) is 5.91 Å². The molecule has 0 bridgehead atoms. The van der Waals surface area contributed by atoms with E-state index in [2.05, 4.69) is 28.1 Å². The van der Waals surface area contributed by atoms with Crippen LogP contribution in [0.3, 0.4) is 0 Å². The Hall–Kier alpha value is -2.35. The second-order valence-electron chi connectivity index (χ2n) is 5.85. The van der Waals surface area contributed by atoms with Crippen molar-refractivity contribution in [2.24, 2.45) is 5.92 Å². The number of piperazine rings is 1. The van der Waals surface area contributed by atoms with E-state index in [4.69, 9.17) is 5.26 Å². The number of carbonyl (C=O) groups excluding carboxylic acids is 1. The standard InChI is InChI=1S/C17H20N4O/c18-12-15-5-6-16(19-13-15)20-7-9-21(10-8-20)17(22)11-14-3-1-2-4-14/h1,3,5-6,13-14H,2,4,7-11H2. The van der Waals surface area contributed by atoms with Crippen LogP contribution in [0.25, 0.3) is 0 Å². The van der Waals surface area contributed by atoms with Gasteiger partial charge in [0.1, 0.15) is 11.9 Å². The van der Waals surface area contributed by atoms with Gasteiger partial charge in [0.15, 0.2) is 0 Å². The van der Waals surface area contributed by atoms with Crippen molar-refractivity contribution in [2.45, 2.75) is 19.3 Å². The third-order valence-corrected chi connectivity index (χ3v) is 4.38. The van der Waals surface area contributed by atoms with Gasteiger partial charge in [0.25, 0.3) is 0 Å². The number of nitrogens with zero attached hydrogens (tertiary/aromatic N) is 4. The van der Waals surface area contributed by atoms with Gasteiger partial charge in [0, 0.05) is 38.8 Å². The van der Waals surface area contributed by atoms with E-state index < -0.39 is 0 Å². The van der Waals surface area contributed by atoms with E-state index in [0.29, 0.717) is 17.9 Å². The molecular formula is C17H20N4O. The number of allylic oxidation sites excluding steroid dienone is 2. The predicted molar refractivity (Wildman–Crippen MR) is 84.2 cm³/mol. The molecule has 1 aromatic heterocycles. The van der Waals surface area contributed by atoms with E-state index in [9.17, 15) is 4.79 Å². The summed E-state index contributed by atoms with van der Waals surface area (Å²) in [5.74, 6) is 1.58. The molecule has 1 amide bonds. The minimum absolute atomic E-state index is 0.268. The lowest BCUT2D eigenvalue weighted by molar-refractivity contribution is -0.132. The second-order valence-corrected chi connectivity index (χ2v) is 5.85. The van der Waals surface area contributed by atoms with Crippen LogP contribution in [0.4, 0.5) is 5.82 Å². The third-order valence-electron chi connectivity index (χ3n) is 4.38. The highest BCUT2D eigenvalue weighted by Crippen LogP contribution is 2.22. The summed E-state index contributed by atoms with van der Waals surface area (Å²) in [6.07, 6.45) is 8.81. The molecule has 1 fully saturated rings. The van der Waals surface area contributed by atoms with Crippen LogP contribution in [-0.2, 0) is 4.79 Å². The molecule has 5 heteroatoms. The van der Waals surface area contributed by atoms with Crippen LogP contribution in [0.15, 0.2) is 30.5 Å². The van der Waals surface area contributed by atoms with Crippen molar-refractivity contribution >= 4 is 11.7 Å². The lowest BCUT2D eigenvalue weighted by Crippen LogP contribution is -2.49. The van der Waals surface area contributed by atoms with Crippen LogP contribution in [0.5, 0.6) is 0 Å². The van der Waals surface area contributed by atoms with Crippen LogP contribution < -0.4 is 4.90 Å². The number of hydrogen-bond acceptors (Lipinski definition) is 4. The summed E-state index contributed by atoms with van der Waals surface area (Å²) in [6, 6.07) is 5.73. The van der Waals surface area contributed by atoms with E-state index in [0.717, 1.165) is 44.8 Å². The SMILES string of the molecule is N#Cc1ccc(N2CCN(C(=O)CC3C=CCC3)CC2)nc1. The van der Waals surface area contributed by atoms with Gasteiger partial charge in [0.05, 0.1) is 5.56 Å². The van der Waals surface area contributed by atoms with Crippen LogP contribution in [-0.4, -0.2) is 42.0 Å². The number of anilines is 1. The van der Waals surface area contributed by atoms with Gasteiger partial charge < -0.3 is 9.80 Å². The molecule has 2 heterocycles. The summed E-state index contributed by atoms with van der Waals surface area (Å²) in [6.45, 7) is 3.09. The Morgan fingerprint density at radius 2 is 2.14 bits per heavy atom. The summed E-state index contributed by atoms with van der Waals surface area (Å²) < 4.78 is 0. The molecule has 1 aliphatic carbocycles. The van der Waals surface area contributed by atoms with Gasteiger partial charge >= 0.3 is 0 Å². The molecule has 3 rings (SSSR count). The van der Waals surface area contributed by atoms with Crippen molar-refractivity contribution in [3.05, 3.63) is 36.0 Å². The molecule has 5 nitrogen and oxygen atoms in total. The second kappa shape index (κ2) is 6.61. The van der Waals surface area contributed by atoms with Crippen molar-refractivity contribution in [1.29, 1.82) is 5.26 Å². The maximum atomic E-state index is 12.3. The minimum Gasteiger partial charge on any atom is -0.353 e. The van der Waals surface area contributed by atoms with E-state index in [1.165, 1.54) is 0 Å². The molecule has 2 aliphatic rings. The third kappa shape index (κ3) is 3.28. The Morgan fingerprint density at radius 3 is 2.73 bits per heavy atom. The van der Waals surface area contributed by atoms with Crippen molar-refractivity contribution in [1.82, 2.24) is 9.88 Å². The average Bonchev–Trinajstić information content (AvgIpc) is 3.08. The van der Waals surface area contributed by atoms with Gasteiger partial charge in [0.2, 0.25) is 5.91 Å².